The fourth-order valence-corrected chi connectivity index (χ4v) is 2.73. The Morgan fingerprint density at radius 3 is 2.63 bits per heavy atom. The lowest BCUT2D eigenvalue weighted by Gasteiger charge is -2.10. The number of thioether (sulfide) groups is 1. The van der Waals surface area contributed by atoms with E-state index in [4.69, 9.17) is 0 Å². The first-order valence-corrected chi connectivity index (χ1v) is 6.89. The van der Waals surface area contributed by atoms with E-state index in [1.807, 2.05) is 31.1 Å². The Morgan fingerprint density at radius 1 is 1.21 bits per heavy atom. The maximum Gasteiger partial charge on any atom is 0.297 e. The molecule has 0 spiro atoms. The zero-order valence-electron chi connectivity index (χ0n) is 10.8. The Kier molecular flexibility index (Phi) is 4.66. The number of nitrogens with zero attached hydrogens (tertiary/aromatic N) is 3. The highest BCUT2D eigenvalue weighted by Gasteiger charge is 2.15. The van der Waals surface area contributed by atoms with Crippen molar-refractivity contribution in [2.75, 3.05) is 26.4 Å². The summed E-state index contributed by atoms with van der Waals surface area (Å²) in [5.41, 5.74) is 0.570. The molecule has 2 rings (SSSR count). The van der Waals surface area contributed by atoms with Crippen molar-refractivity contribution in [3.63, 3.8) is 0 Å². The molecule has 0 saturated heterocycles. The molecule has 0 atom stereocenters. The standard InChI is InChI=1S/C13H15F2N3S/c1-18(2)7-8-19-13-9-5-3-4-6-10(9)16-12(17-13)11(14)15/h3-6,11H,7-8H2,1-2H3. The molecular formula is C13H15F2N3S. The summed E-state index contributed by atoms with van der Waals surface area (Å²) in [5, 5.41) is 1.46. The van der Waals surface area contributed by atoms with Crippen molar-refractivity contribution in [3.05, 3.63) is 30.1 Å². The third kappa shape index (κ3) is 3.61. The van der Waals surface area contributed by atoms with Crippen molar-refractivity contribution in [2.24, 2.45) is 0 Å². The van der Waals surface area contributed by atoms with Crippen LogP contribution in [0.3, 0.4) is 0 Å². The van der Waals surface area contributed by atoms with Gasteiger partial charge in [-0.25, -0.2) is 18.7 Å². The molecule has 19 heavy (non-hydrogen) atoms. The molecule has 0 aliphatic heterocycles. The number of rotatable bonds is 5. The molecule has 0 N–H and O–H groups in total. The number of halogens is 2. The van der Waals surface area contributed by atoms with Crippen LogP contribution in [0.2, 0.25) is 0 Å². The second-order valence-corrected chi connectivity index (χ2v) is 5.44. The summed E-state index contributed by atoms with van der Waals surface area (Å²) in [6.07, 6.45) is -2.64. The van der Waals surface area contributed by atoms with Gasteiger partial charge in [0.2, 0.25) is 0 Å². The van der Waals surface area contributed by atoms with Gasteiger partial charge in [-0.1, -0.05) is 18.2 Å². The third-order valence-corrected chi connectivity index (χ3v) is 3.53. The van der Waals surface area contributed by atoms with E-state index >= 15 is 0 Å². The van der Waals surface area contributed by atoms with E-state index < -0.39 is 12.2 Å². The van der Waals surface area contributed by atoms with E-state index in [1.54, 1.807) is 12.1 Å². The first-order chi connectivity index (χ1) is 9.08. The smallest absolute Gasteiger partial charge is 0.297 e. The minimum Gasteiger partial charge on any atom is -0.309 e. The van der Waals surface area contributed by atoms with E-state index in [9.17, 15) is 8.78 Å². The zero-order valence-corrected chi connectivity index (χ0v) is 11.6. The average Bonchev–Trinajstić information content (AvgIpc) is 2.38. The van der Waals surface area contributed by atoms with Gasteiger partial charge in [-0.2, -0.15) is 0 Å². The molecule has 2 aromatic rings. The van der Waals surface area contributed by atoms with Crippen LogP contribution < -0.4 is 0 Å². The predicted molar refractivity (Wildman–Crippen MR) is 73.8 cm³/mol. The van der Waals surface area contributed by atoms with Crippen molar-refractivity contribution in [3.8, 4) is 0 Å². The largest absolute Gasteiger partial charge is 0.309 e. The summed E-state index contributed by atoms with van der Waals surface area (Å²) in [6, 6.07) is 7.25. The Hall–Kier alpha value is -1.27. The molecule has 0 radical (unpaired) electrons. The normalized spacial score (nSPS) is 11.7. The molecule has 0 aliphatic carbocycles. The fraction of sp³-hybridized carbons (Fsp3) is 0.385. The second-order valence-electron chi connectivity index (χ2n) is 4.36. The van der Waals surface area contributed by atoms with Gasteiger partial charge in [-0.3, -0.25) is 0 Å². The van der Waals surface area contributed by atoms with Gasteiger partial charge in [0.05, 0.1) is 5.52 Å². The summed E-state index contributed by atoms with van der Waals surface area (Å²) < 4.78 is 25.6. The van der Waals surface area contributed by atoms with Crippen LogP contribution >= 0.6 is 11.8 Å². The molecule has 0 fully saturated rings. The van der Waals surface area contributed by atoms with Crippen molar-refractivity contribution in [1.29, 1.82) is 0 Å². The number of hydrogen-bond donors (Lipinski definition) is 0. The van der Waals surface area contributed by atoms with Crippen LogP contribution in [-0.2, 0) is 0 Å². The molecule has 1 heterocycles. The number of para-hydroxylation sites is 1. The molecule has 6 heteroatoms. The van der Waals surface area contributed by atoms with Crippen LogP contribution in [0, 0.1) is 0 Å². The number of fused-ring (bicyclic) bond motifs is 1. The Balaban J connectivity index is 2.33. The van der Waals surface area contributed by atoms with Crippen LogP contribution in [-0.4, -0.2) is 41.3 Å². The minimum absolute atomic E-state index is 0.397. The lowest BCUT2D eigenvalue weighted by Crippen LogP contribution is -2.15. The summed E-state index contributed by atoms with van der Waals surface area (Å²) in [5.74, 6) is 0.405. The van der Waals surface area contributed by atoms with Crippen molar-refractivity contribution in [2.45, 2.75) is 11.5 Å². The highest BCUT2D eigenvalue weighted by Crippen LogP contribution is 2.27. The summed E-state index contributed by atoms with van der Waals surface area (Å²) in [4.78, 5) is 9.92. The number of aromatic nitrogens is 2. The van der Waals surface area contributed by atoms with Crippen LogP contribution in [0.5, 0.6) is 0 Å². The Bertz CT molecular complexity index is 561. The highest BCUT2D eigenvalue weighted by molar-refractivity contribution is 7.99. The number of alkyl halides is 2. The van der Waals surface area contributed by atoms with Crippen molar-refractivity contribution >= 4 is 22.7 Å². The molecule has 0 saturated carbocycles. The molecule has 1 aromatic heterocycles. The van der Waals surface area contributed by atoms with E-state index in [-0.39, 0.29) is 0 Å². The van der Waals surface area contributed by atoms with E-state index in [0.29, 0.717) is 10.5 Å². The molecular weight excluding hydrogens is 268 g/mol. The van der Waals surface area contributed by atoms with E-state index in [1.165, 1.54) is 11.8 Å². The van der Waals surface area contributed by atoms with Crippen LogP contribution in [0.4, 0.5) is 8.78 Å². The van der Waals surface area contributed by atoms with Gasteiger partial charge in [0, 0.05) is 17.7 Å². The number of hydrogen-bond acceptors (Lipinski definition) is 4. The van der Waals surface area contributed by atoms with E-state index in [0.717, 1.165) is 17.7 Å². The molecule has 1 aromatic carbocycles. The molecule has 3 nitrogen and oxygen atoms in total. The van der Waals surface area contributed by atoms with Gasteiger partial charge in [-0.15, -0.1) is 11.8 Å². The summed E-state index contributed by atoms with van der Waals surface area (Å²) >= 11 is 1.48. The van der Waals surface area contributed by atoms with E-state index in [2.05, 4.69) is 9.97 Å². The third-order valence-electron chi connectivity index (χ3n) is 2.56. The SMILES string of the molecule is CN(C)CCSc1nc(C(F)F)nc2ccccc12. The molecule has 0 amide bonds. The van der Waals surface area contributed by atoms with Gasteiger partial charge < -0.3 is 4.90 Å². The van der Waals surface area contributed by atoms with Crippen LogP contribution in [0.1, 0.15) is 12.2 Å². The zero-order chi connectivity index (χ0) is 13.8. The molecule has 0 aliphatic rings. The van der Waals surface area contributed by atoms with Crippen LogP contribution in [0.15, 0.2) is 29.3 Å². The number of benzene rings is 1. The monoisotopic (exact) mass is 283 g/mol. The van der Waals surface area contributed by atoms with Gasteiger partial charge in [0.1, 0.15) is 5.03 Å². The molecule has 0 bridgehead atoms. The first kappa shape index (κ1) is 14.1. The van der Waals surface area contributed by atoms with Crippen LogP contribution in [0.25, 0.3) is 10.9 Å². The maximum absolute atomic E-state index is 12.8. The Morgan fingerprint density at radius 2 is 1.95 bits per heavy atom. The maximum atomic E-state index is 12.8. The molecule has 102 valence electrons. The quantitative estimate of drug-likeness (QED) is 0.622. The summed E-state index contributed by atoms with van der Waals surface area (Å²) in [6.45, 7) is 0.868. The van der Waals surface area contributed by atoms with Gasteiger partial charge in [-0.05, 0) is 20.2 Å². The fourth-order valence-electron chi connectivity index (χ4n) is 1.60. The van der Waals surface area contributed by atoms with Gasteiger partial charge in [0.25, 0.3) is 6.43 Å². The summed E-state index contributed by atoms with van der Waals surface area (Å²) in [7, 11) is 3.95. The van der Waals surface area contributed by atoms with Crippen molar-refractivity contribution < 1.29 is 8.78 Å². The van der Waals surface area contributed by atoms with Gasteiger partial charge in [0.15, 0.2) is 5.82 Å². The minimum atomic E-state index is -2.64. The average molecular weight is 283 g/mol. The highest BCUT2D eigenvalue weighted by atomic mass is 32.2. The predicted octanol–water partition coefficient (Wildman–Crippen LogP) is 3.22. The second kappa shape index (κ2) is 6.25. The Labute approximate surface area is 115 Å². The van der Waals surface area contributed by atoms with Crippen molar-refractivity contribution in [1.82, 2.24) is 14.9 Å². The topological polar surface area (TPSA) is 29.0 Å². The molecule has 0 unspecified atom stereocenters. The lowest BCUT2D eigenvalue weighted by atomic mass is 10.2. The first-order valence-electron chi connectivity index (χ1n) is 5.90. The van der Waals surface area contributed by atoms with Gasteiger partial charge >= 0.3 is 0 Å². The lowest BCUT2D eigenvalue weighted by molar-refractivity contribution is 0.140.